The molecular weight excluding hydrogens is 272 g/mol. The van der Waals surface area contributed by atoms with Crippen LogP contribution in [0.2, 0.25) is 0 Å². The summed E-state index contributed by atoms with van der Waals surface area (Å²) in [6.07, 6.45) is 1.09. The third-order valence-electron chi connectivity index (χ3n) is 3.89. The molecule has 2 amide bonds. The Morgan fingerprint density at radius 3 is 2.60 bits per heavy atom. The number of amides is 2. The number of nitrogens with one attached hydrogen (secondary N) is 1. The minimum Gasteiger partial charge on any atom is -0.359 e. The predicted octanol–water partition coefficient (Wildman–Crippen LogP) is 1.50. The molecule has 1 aliphatic rings. The van der Waals surface area contributed by atoms with E-state index in [-0.39, 0.29) is 11.8 Å². The molecule has 5 heteroatoms. The third kappa shape index (κ3) is 3.15. The molecule has 1 aromatic rings. The summed E-state index contributed by atoms with van der Waals surface area (Å²) in [5.74, 6) is 0.0803. The van der Waals surface area contributed by atoms with Crippen LogP contribution >= 0.6 is 12.6 Å². The van der Waals surface area contributed by atoms with Crippen LogP contribution in [0, 0.1) is 5.41 Å². The summed E-state index contributed by atoms with van der Waals surface area (Å²) in [5, 5.41) is 2.68. The van der Waals surface area contributed by atoms with Crippen molar-refractivity contribution in [1.82, 2.24) is 10.2 Å². The topological polar surface area (TPSA) is 49.4 Å². The van der Waals surface area contributed by atoms with Crippen LogP contribution in [0.15, 0.2) is 29.2 Å². The minimum absolute atomic E-state index is 0.00669. The Morgan fingerprint density at radius 2 is 2.00 bits per heavy atom. The molecule has 1 unspecified atom stereocenters. The molecule has 1 aromatic carbocycles. The maximum Gasteiger partial charge on any atom is 0.227 e. The molecule has 0 radical (unpaired) electrons. The molecule has 20 heavy (non-hydrogen) atoms. The van der Waals surface area contributed by atoms with Crippen LogP contribution in [-0.4, -0.2) is 36.9 Å². The average Bonchev–Trinajstić information content (AvgIpc) is 2.84. The Morgan fingerprint density at radius 1 is 1.35 bits per heavy atom. The van der Waals surface area contributed by atoms with Gasteiger partial charge in [0.2, 0.25) is 11.8 Å². The first kappa shape index (κ1) is 14.9. The number of thiol groups is 1. The van der Waals surface area contributed by atoms with Gasteiger partial charge < -0.3 is 10.2 Å². The SMILES string of the molecule is CNC(=O)C1(C)CCN(C(=O)Cc2ccc(S)cc2)C1. The fraction of sp³-hybridized carbons (Fsp3) is 0.467. The minimum atomic E-state index is -0.459. The van der Waals surface area contributed by atoms with E-state index < -0.39 is 5.41 Å². The van der Waals surface area contributed by atoms with Gasteiger partial charge in [-0.25, -0.2) is 0 Å². The Balaban J connectivity index is 1.98. The molecule has 0 spiro atoms. The lowest BCUT2D eigenvalue weighted by Crippen LogP contribution is -2.40. The van der Waals surface area contributed by atoms with Gasteiger partial charge in [-0.3, -0.25) is 9.59 Å². The number of rotatable bonds is 3. The fourth-order valence-corrected chi connectivity index (χ4v) is 2.71. The number of benzene rings is 1. The zero-order valence-electron chi connectivity index (χ0n) is 11.8. The van der Waals surface area contributed by atoms with E-state index in [1.165, 1.54) is 0 Å². The number of hydrogen-bond donors (Lipinski definition) is 2. The Hall–Kier alpha value is -1.49. The van der Waals surface area contributed by atoms with Gasteiger partial charge in [-0.15, -0.1) is 12.6 Å². The molecular formula is C15H20N2O2S. The lowest BCUT2D eigenvalue weighted by Gasteiger charge is -2.22. The van der Waals surface area contributed by atoms with E-state index in [0.717, 1.165) is 10.5 Å². The van der Waals surface area contributed by atoms with E-state index in [1.807, 2.05) is 31.2 Å². The predicted molar refractivity (Wildman–Crippen MR) is 80.8 cm³/mol. The Labute approximate surface area is 124 Å². The number of carbonyl (C=O) groups excluding carboxylic acids is 2. The van der Waals surface area contributed by atoms with E-state index >= 15 is 0 Å². The summed E-state index contributed by atoms with van der Waals surface area (Å²) >= 11 is 4.23. The summed E-state index contributed by atoms with van der Waals surface area (Å²) in [5.41, 5.74) is 0.515. The number of nitrogens with zero attached hydrogens (tertiary/aromatic N) is 1. The van der Waals surface area contributed by atoms with E-state index in [9.17, 15) is 9.59 Å². The van der Waals surface area contributed by atoms with Gasteiger partial charge in [-0.05, 0) is 31.0 Å². The largest absolute Gasteiger partial charge is 0.359 e. The molecule has 0 aromatic heterocycles. The van der Waals surface area contributed by atoms with E-state index in [4.69, 9.17) is 0 Å². The third-order valence-corrected chi connectivity index (χ3v) is 4.19. The number of carbonyl (C=O) groups is 2. The van der Waals surface area contributed by atoms with Crippen LogP contribution in [0.4, 0.5) is 0 Å². The van der Waals surface area contributed by atoms with Crippen LogP contribution in [0.3, 0.4) is 0 Å². The van der Waals surface area contributed by atoms with Crippen molar-refractivity contribution in [3.05, 3.63) is 29.8 Å². The van der Waals surface area contributed by atoms with Crippen LogP contribution < -0.4 is 5.32 Å². The van der Waals surface area contributed by atoms with Crippen LogP contribution in [0.25, 0.3) is 0 Å². The van der Waals surface area contributed by atoms with Crippen molar-refractivity contribution in [2.75, 3.05) is 20.1 Å². The standard InChI is InChI=1S/C15H20N2O2S/c1-15(14(19)16-2)7-8-17(10-15)13(18)9-11-3-5-12(20)6-4-11/h3-6,20H,7-10H2,1-2H3,(H,16,19). The van der Waals surface area contributed by atoms with Crippen molar-refractivity contribution >= 4 is 24.4 Å². The second-order valence-electron chi connectivity index (χ2n) is 5.55. The molecule has 1 saturated heterocycles. The van der Waals surface area contributed by atoms with Gasteiger partial charge in [0.15, 0.2) is 0 Å². The zero-order valence-corrected chi connectivity index (χ0v) is 12.7. The van der Waals surface area contributed by atoms with Crippen molar-refractivity contribution in [3.63, 3.8) is 0 Å². The molecule has 1 aliphatic heterocycles. The first-order valence-electron chi connectivity index (χ1n) is 6.72. The van der Waals surface area contributed by atoms with E-state index in [1.54, 1.807) is 11.9 Å². The van der Waals surface area contributed by atoms with Crippen LogP contribution in [0.1, 0.15) is 18.9 Å². The van der Waals surface area contributed by atoms with Gasteiger partial charge in [0.25, 0.3) is 0 Å². The first-order valence-corrected chi connectivity index (χ1v) is 7.17. The molecule has 108 valence electrons. The molecule has 1 fully saturated rings. The molecule has 0 aliphatic carbocycles. The average molecular weight is 292 g/mol. The van der Waals surface area contributed by atoms with Gasteiger partial charge in [0.05, 0.1) is 11.8 Å². The summed E-state index contributed by atoms with van der Waals surface area (Å²) in [6.45, 7) is 3.05. The molecule has 4 nitrogen and oxygen atoms in total. The van der Waals surface area contributed by atoms with E-state index in [2.05, 4.69) is 17.9 Å². The van der Waals surface area contributed by atoms with Crippen molar-refractivity contribution < 1.29 is 9.59 Å². The second kappa shape index (κ2) is 5.87. The second-order valence-corrected chi connectivity index (χ2v) is 6.06. The lowest BCUT2D eigenvalue weighted by atomic mass is 9.89. The molecule has 1 N–H and O–H groups in total. The first-order chi connectivity index (χ1) is 9.44. The van der Waals surface area contributed by atoms with Crippen LogP contribution in [0.5, 0.6) is 0 Å². The molecule has 0 saturated carbocycles. The maximum atomic E-state index is 12.3. The summed E-state index contributed by atoms with van der Waals surface area (Å²) in [4.78, 5) is 26.8. The molecule has 1 heterocycles. The van der Waals surface area contributed by atoms with Gasteiger partial charge in [-0.1, -0.05) is 12.1 Å². The van der Waals surface area contributed by atoms with Crippen molar-refractivity contribution in [2.45, 2.75) is 24.7 Å². The maximum absolute atomic E-state index is 12.3. The zero-order chi connectivity index (χ0) is 14.8. The highest BCUT2D eigenvalue weighted by atomic mass is 32.1. The Bertz CT molecular complexity index is 515. The van der Waals surface area contributed by atoms with Gasteiger partial charge in [0, 0.05) is 25.0 Å². The summed E-state index contributed by atoms with van der Waals surface area (Å²) in [6, 6.07) is 7.58. The number of hydrogen-bond acceptors (Lipinski definition) is 3. The fourth-order valence-electron chi connectivity index (χ4n) is 2.56. The molecule has 0 bridgehead atoms. The lowest BCUT2D eigenvalue weighted by molar-refractivity contribution is -0.132. The smallest absolute Gasteiger partial charge is 0.227 e. The van der Waals surface area contributed by atoms with Gasteiger partial charge in [-0.2, -0.15) is 0 Å². The van der Waals surface area contributed by atoms with Gasteiger partial charge in [0.1, 0.15) is 0 Å². The highest BCUT2D eigenvalue weighted by molar-refractivity contribution is 7.80. The summed E-state index contributed by atoms with van der Waals surface area (Å²) in [7, 11) is 1.64. The highest BCUT2D eigenvalue weighted by Crippen LogP contribution is 2.30. The quantitative estimate of drug-likeness (QED) is 0.830. The molecule has 1 atom stereocenters. The monoisotopic (exact) mass is 292 g/mol. The van der Waals surface area contributed by atoms with Crippen molar-refractivity contribution in [3.8, 4) is 0 Å². The van der Waals surface area contributed by atoms with Crippen LogP contribution in [-0.2, 0) is 16.0 Å². The highest BCUT2D eigenvalue weighted by Gasteiger charge is 2.41. The van der Waals surface area contributed by atoms with Crippen molar-refractivity contribution in [2.24, 2.45) is 5.41 Å². The number of likely N-dealkylation sites (tertiary alicyclic amines) is 1. The normalized spacial score (nSPS) is 21.9. The molecule has 2 rings (SSSR count). The van der Waals surface area contributed by atoms with Crippen molar-refractivity contribution in [1.29, 1.82) is 0 Å². The van der Waals surface area contributed by atoms with E-state index in [0.29, 0.717) is 25.9 Å². The Kier molecular flexibility index (Phi) is 4.38. The van der Waals surface area contributed by atoms with Gasteiger partial charge >= 0.3 is 0 Å². The summed E-state index contributed by atoms with van der Waals surface area (Å²) < 4.78 is 0.